The van der Waals surface area contributed by atoms with Crippen LogP contribution < -0.4 is 5.32 Å². The van der Waals surface area contributed by atoms with Gasteiger partial charge in [-0.15, -0.1) is 24.2 Å². The number of thioether (sulfide) groups is 1. The Hall–Kier alpha value is -0.220. The molecule has 0 radical (unpaired) electrons. The summed E-state index contributed by atoms with van der Waals surface area (Å²) < 4.78 is 5.70. The minimum absolute atomic E-state index is 0. The number of halogens is 1. The van der Waals surface area contributed by atoms with Crippen LogP contribution in [0, 0.1) is 6.92 Å². The smallest absolute Gasteiger partial charge is 0.0613 e. The first-order valence-corrected chi connectivity index (χ1v) is 7.01. The Morgan fingerprint density at radius 3 is 2.67 bits per heavy atom. The number of aryl methyl sites for hydroxylation is 1. The van der Waals surface area contributed by atoms with Crippen LogP contribution in [-0.4, -0.2) is 31.6 Å². The van der Waals surface area contributed by atoms with E-state index in [1.165, 1.54) is 23.3 Å². The molecule has 0 bridgehead atoms. The van der Waals surface area contributed by atoms with Gasteiger partial charge >= 0.3 is 0 Å². The summed E-state index contributed by atoms with van der Waals surface area (Å²) in [5.41, 5.74) is 1.33. The molecule has 0 aliphatic carbocycles. The van der Waals surface area contributed by atoms with Crippen molar-refractivity contribution >= 4 is 24.2 Å². The van der Waals surface area contributed by atoms with E-state index in [1.54, 1.807) is 7.11 Å². The second-order valence-corrected chi connectivity index (χ2v) is 6.33. The summed E-state index contributed by atoms with van der Waals surface area (Å²) in [6.45, 7) is 5.19. The minimum Gasteiger partial charge on any atom is -0.383 e. The molecule has 0 amide bonds. The molecular weight excluding hydrogens is 266 g/mol. The summed E-state index contributed by atoms with van der Waals surface area (Å²) in [4.78, 5) is 1.36. The molecule has 18 heavy (non-hydrogen) atoms. The van der Waals surface area contributed by atoms with Gasteiger partial charge in [-0.05, 0) is 45.0 Å². The Bertz CT molecular complexity index is 361. The van der Waals surface area contributed by atoms with E-state index in [0.29, 0.717) is 0 Å². The molecule has 1 heterocycles. The van der Waals surface area contributed by atoms with E-state index in [4.69, 9.17) is 4.74 Å². The van der Waals surface area contributed by atoms with Crippen LogP contribution in [0.15, 0.2) is 29.2 Å². The highest BCUT2D eigenvalue weighted by molar-refractivity contribution is 8.00. The van der Waals surface area contributed by atoms with Crippen LogP contribution in [0.3, 0.4) is 0 Å². The zero-order chi connectivity index (χ0) is 12.1. The minimum atomic E-state index is 0. The lowest BCUT2D eigenvalue weighted by Crippen LogP contribution is -2.42. The molecular formula is C14H22ClNOS. The van der Waals surface area contributed by atoms with Crippen molar-refractivity contribution < 1.29 is 4.74 Å². The molecule has 0 spiro atoms. The van der Waals surface area contributed by atoms with Crippen LogP contribution in [0.1, 0.15) is 18.4 Å². The summed E-state index contributed by atoms with van der Waals surface area (Å²) in [6, 6.07) is 8.76. The molecule has 1 aromatic carbocycles. The molecule has 0 unspecified atom stereocenters. The maximum atomic E-state index is 5.44. The molecule has 102 valence electrons. The first kappa shape index (κ1) is 15.8. The highest BCUT2D eigenvalue weighted by Crippen LogP contribution is 2.39. The Labute approximate surface area is 120 Å². The first-order chi connectivity index (χ1) is 8.24. The molecule has 1 aliphatic heterocycles. The van der Waals surface area contributed by atoms with E-state index in [1.807, 2.05) is 11.8 Å². The Kier molecular flexibility index (Phi) is 6.50. The van der Waals surface area contributed by atoms with Gasteiger partial charge in [-0.2, -0.15) is 0 Å². The maximum absolute atomic E-state index is 5.44. The van der Waals surface area contributed by atoms with Crippen molar-refractivity contribution in [1.29, 1.82) is 0 Å². The number of nitrogens with one attached hydrogen (secondary N) is 1. The maximum Gasteiger partial charge on any atom is 0.0613 e. The van der Waals surface area contributed by atoms with Gasteiger partial charge in [0.25, 0.3) is 0 Å². The van der Waals surface area contributed by atoms with Crippen LogP contribution in [0.5, 0.6) is 0 Å². The number of ether oxygens (including phenoxy) is 1. The summed E-state index contributed by atoms with van der Waals surface area (Å²) in [5.74, 6) is 0. The lowest BCUT2D eigenvalue weighted by Gasteiger charge is -2.36. The van der Waals surface area contributed by atoms with Crippen LogP contribution >= 0.6 is 24.2 Å². The van der Waals surface area contributed by atoms with Crippen molar-refractivity contribution in [3.8, 4) is 0 Å². The van der Waals surface area contributed by atoms with Crippen LogP contribution in [-0.2, 0) is 4.74 Å². The van der Waals surface area contributed by atoms with Crippen molar-refractivity contribution in [2.24, 2.45) is 0 Å². The fourth-order valence-electron chi connectivity index (χ4n) is 2.35. The molecule has 0 aromatic heterocycles. The fourth-order valence-corrected chi connectivity index (χ4v) is 3.83. The molecule has 1 saturated heterocycles. The average molecular weight is 288 g/mol. The second-order valence-electron chi connectivity index (χ2n) is 4.78. The van der Waals surface area contributed by atoms with E-state index in [-0.39, 0.29) is 17.2 Å². The van der Waals surface area contributed by atoms with Crippen molar-refractivity contribution in [3.63, 3.8) is 0 Å². The third-order valence-electron chi connectivity index (χ3n) is 3.25. The Balaban J connectivity index is 0.00000162. The lowest BCUT2D eigenvalue weighted by atomic mass is 9.98. The highest BCUT2D eigenvalue weighted by Gasteiger charge is 2.33. The molecule has 0 atom stereocenters. The van der Waals surface area contributed by atoms with Gasteiger partial charge in [-0.25, -0.2) is 0 Å². The van der Waals surface area contributed by atoms with Crippen LogP contribution in [0.4, 0.5) is 0 Å². The van der Waals surface area contributed by atoms with Crippen molar-refractivity contribution in [3.05, 3.63) is 29.8 Å². The van der Waals surface area contributed by atoms with E-state index in [9.17, 15) is 0 Å². The normalized spacial score (nSPS) is 18.1. The van der Waals surface area contributed by atoms with Crippen LogP contribution in [0.25, 0.3) is 0 Å². The van der Waals surface area contributed by atoms with Gasteiger partial charge in [0.2, 0.25) is 0 Å². The molecule has 2 rings (SSSR count). The predicted octanol–water partition coefficient (Wildman–Crippen LogP) is 3.28. The molecule has 4 heteroatoms. The van der Waals surface area contributed by atoms with Crippen LogP contribution in [0.2, 0.25) is 0 Å². The molecule has 1 N–H and O–H groups in total. The first-order valence-electron chi connectivity index (χ1n) is 6.19. The van der Waals surface area contributed by atoms with Gasteiger partial charge in [0.1, 0.15) is 0 Å². The van der Waals surface area contributed by atoms with Crippen molar-refractivity contribution in [2.75, 3.05) is 26.8 Å². The van der Waals surface area contributed by atoms with Gasteiger partial charge in [0.05, 0.1) is 6.61 Å². The van der Waals surface area contributed by atoms with Gasteiger partial charge in [-0.1, -0.05) is 17.7 Å². The molecule has 1 fully saturated rings. The average Bonchev–Trinajstić information content (AvgIpc) is 2.30. The number of hydrogen-bond acceptors (Lipinski definition) is 3. The topological polar surface area (TPSA) is 21.3 Å². The summed E-state index contributed by atoms with van der Waals surface area (Å²) in [5, 5.41) is 3.43. The summed E-state index contributed by atoms with van der Waals surface area (Å²) >= 11 is 1.99. The number of piperidine rings is 1. The predicted molar refractivity (Wildman–Crippen MR) is 81.0 cm³/mol. The van der Waals surface area contributed by atoms with E-state index in [2.05, 4.69) is 36.5 Å². The largest absolute Gasteiger partial charge is 0.383 e. The Morgan fingerprint density at radius 2 is 2.06 bits per heavy atom. The van der Waals surface area contributed by atoms with Gasteiger partial charge in [0, 0.05) is 16.8 Å². The van der Waals surface area contributed by atoms with E-state index >= 15 is 0 Å². The molecule has 0 saturated carbocycles. The summed E-state index contributed by atoms with van der Waals surface area (Å²) in [7, 11) is 1.81. The van der Waals surface area contributed by atoms with Gasteiger partial charge < -0.3 is 10.1 Å². The third-order valence-corrected chi connectivity index (χ3v) is 4.69. The standard InChI is InChI=1S/C14H21NOS.ClH/c1-12-4-3-5-13(10-12)17-14(11-16-2)6-8-15-9-7-14;/h3-5,10,15H,6-9,11H2,1-2H3;1H. The zero-order valence-electron chi connectivity index (χ0n) is 11.1. The van der Waals surface area contributed by atoms with Gasteiger partial charge in [-0.3, -0.25) is 0 Å². The summed E-state index contributed by atoms with van der Waals surface area (Å²) in [6.07, 6.45) is 2.36. The third kappa shape index (κ3) is 4.16. The lowest BCUT2D eigenvalue weighted by molar-refractivity contribution is 0.152. The number of methoxy groups -OCH3 is 1. The SMILES string of the molecule is COCC1(Sc2cccc(C)c2)CCNCC1.Cl. The molecule has 1 aliphatic rings. The van der Waals surface area contributed by atoms with Crippen molar-refractivity contribution in [2.45, 2.75) is 29.4 Å². The van der Waals surface area contributed by atoms with Gasteiger partial charge in [0.15, 0.2) is 0 Å². The molecule has 2 nitrogen and oxygen atoms in total. The van der Waals surface area contributed by atoms with E-state index in [0.717, 1.165) is 19.7 Å². The van der Waals surface area contributed by atoms with E-state index < -0.39 is 0 Å². The monoisotopic (exact) mass is 287 g/mol. The number of rotatable bonds is 4. The molecule has 1 aromatic rings. The second kappa shape index (κ2) is 7.39. The quantitative estimate of drug-likeness (QED) is 0.918. The highest BCUT2D eigenvalue weighted by atomic mass is 35.5. The van der Waals surface area contributed by atoms with Crippen molar-refractivity contribution in [1.82, 2.24) is 5.32 Å². The number of benzene rings is 1. The Morgan fingerprint density at radius 1 is 1.33 bits per heavy atom. The fraction of sp³-hybridized carbons (Fsp3) is 0.571. The zero-order valence-corrected chi connectivity index (χ0v) is 12.7. The number of hydrogen-bond donors (Lipinski definition) is 1.